The van der Waals surface area contributed by atoms with Crippen LogP contribution in [0.3, 0.4) is 0 Å². The normalized spacial score (nSPS) is 25.5. The van der Waals surface area contributed by atoms with E-state index >= 15 is 0 Å². The molecule has 4 aliphatic rings. The second-order valence-electron chi connectivity index (χ2n) is 14.3. The number of likely N-dealkylation sites (N-methyl/N-ethyl adjacent to an activating group) is 2. The lowest BCUT2D eigenvalue weighted by Crippen LogP contribution is -2.59. The number of halogens is 4. The third-order valence-corrected chi connectivity index (χ3v) is 12.2. The molecule has 2 unspecified atom stereocenters. The van der Waals surface area contributed by atoms with Gasteiger partial charge in [0, 0.05) is 29.1 Å². The van der Waals surface area contributed by atoms with Crippen LogP contribution in [0.4, 0.5) is 13.2 Å². The zero-order valence-corrected chi connectivity index (χ0v) is 30.4. The number of nitrogens with one attached hydrogen (secondary N) is 1. The highest BCUT2D eigenvalue weighted by molar-refractivity contribution is 7.98. The highest BCUT2D eigenvalue weighted by atomic mass is 35.5. The van der Waals surface area contributed by atoms with E-state index in [9.17, 15) is 18.0 Å². The van der Waals surface area contributed by atoms with E-state index in [-0.39, 0.29) is 39.7 Å². The van der Waals surface area contributed by atoms with E-state index in [1.165, 1.54) is 31.9 Å². The molecule has 2 aliphatic carbocycles. The lowest BCUT2D eigenvalue weighted by atomic mass is 9.79. The minimum Gasteiger partial charge on any atom is -0.496 e. The van der Waals surface area contributed by atoms with Crippen LogP contribution in [0.5, 0.6) is 5.75 Å². The van der Waals surface area contributed by atoms with Gasteiger partial charge in [0.2, 0.25) is 0 Å². The number of nitrogens with zero attached hydrogens (tertiary/aromatic N) is 2. The summed E-state index contributed by atoms with van der Waals surface area (Å²) in [5.74, 6) is -0.503. The van der Waals surface area contributed by atoms with Crippen molar-refractivity contribution in [2.24, 2.45) is 5.73 Å². The smallest absolute Gasteiger partial charge is 0.416 e. The maximum atomic E-state index is 13.6. The number of methoxy groups -OCH3 is 1. The first-order chi connectivity index (χ1) is 22.8. The average Bonchev–Trinajstić information content (AvgIpc) is 4.02. The van der Waals surface area contributed by atoms with Gasteiger partial charge in [0.05, 0.1) is 29.3 Å². The van der Waals surface area contributed by atoms with E-state index < -0.39 is 23.2 Å². The second kappa shape index (κ2) is 14.1. The van der Waals surface area contributed by atoms with Gasteiger partial charge < -0.3 is 15.8 Å². The number of benzene rings is 3. The van der Waals surface area contributed by atoms with E-state index in [1.807, 2.05) is 30.3 Å². The number of piperidine rings is 2. The molecule has 2 aliphatic heterocycles. The van der Waals surface area contributed by atoms with Crippen LogP contribution in [0.1, 0.15) is 78.4 Å². The van der Waals surface area contributed by atoms with Crippen molar-refractivity contribution in [2.45, 2.75) is 84.6 Å². The van der Waals surface area contributed by atoms with Crippen LogP contribution in [0.25, 0.3) is 0 Å². The number of hydrogen-bond acceptors (Lipinski definition) is 6. The van der Waals surface area contributed by atoms with E-state index in [0.29, 0.717) is 12.1 Å². The molecule has 2 saturated heterocycles. The third kappa shape index (κ3) is 7.49. The largest absolute Gasteiger partial charge is 0.496 e. The minimum absolute atomic E-state index is 0. The number of nitrogens with two attached hydrogens (primary N) is 1. The second-order valence-corrected chi connectivity index (χ2v) is 15.2. The van der Waals surface area contributed by atoms with Crippen molar-refractivity contribution in [2.75, 3.05) is 40.6 Å². The van der Waals surface area contributed by atoms with Gasteiger partial charge in [0.1, 0.15) is 5.75 Å². The zero-order chi connectivity index (χ0) is 34.4. The molecule has 3 N–H and O–H groups in total. The van der Waals surface area contributed by atoms with Gasteiger partial charge in [-0.05, 0) is 95.0 Å². The van der Waals surface area contributed by atoms with E-state index in [4.69, 9.17) is 10.5 Å². The fourth-order valence-electron chi connectivity index (χ4n) is 7.91. The number of hydrogen-bond donors (Lipinski definition) is 2. The first kappa shape index (κ1) is 37.5. The predicted octanol–water partition coefficient (Wildman–Crippen LogP) is 7.84. The Morgan fingerprint density at radius 1 is 0.816 bits per heavy atom. The fourth-order valence-corrected chi connectivity index (χ4v) is 8.55. The van der Waals surface area contributed by atoms with Crippen LogP contribution in [0, 0.1) is 0 Å². The van der Waals surface area contributed by atoms with Crippen molar-refractivity contribution in [3.8, 4) is 5.75 Å². The minimum atomic E-state index is -4.53. The van der Waals surface area contributed by atoms with Gasteiger partial charge in [-0.15, -0.1) is 24.2 Å². The molecule has 2 saturated carbocycles. The Morgan fingerprint density at radius 2 is 1.33 bits per heavy atom. The van der Waals surface area contributed by atoms with Crippen molar-refractivity contribution >= 4 is 30.1 Å². The van der Waals surface area contributed by atoms with Crippen molar-refractivity contribution in [1.82, 2.24) is 15.1 Å². The summed E-state index contributed by atoms with van der Waals surface area (Å²) in [6, 6.07) is 22.3. The third-order valence-electron chi connectivity index (χ3n) is 11.4. The van der Waals surface area contributed by atoms with Crippen LogP contribution < -0.4 is 15.8 Å². The number of carbonyl (C=O) groups is 1. The van der Waals surface area contributed by atoms with Crippen molar-refractivity contribution in [1.29, 1.82) is 0 Å². The predicted molar refractivity (Wildman–Crippen MR) is 193 cm³/mol. The molecule has 3 aromatic rings. The van der Waals surface area contributed by atoms with Gasteiger partial charge in [0.15, 0.2) is 0 Å². The summed E-state index contributed by atoms with van der Waals surface area (Å²) in [4.78, 5) is 18.6. The van der Waals surface area contributed by atoms with E-state index in [0.717, 1.165) is 68.1 Å². The Balaban J connectivity index is 0.000000230. The summed E-state index contributed by atoms with van der Waals surface area (Å²) in [5, 5.41) is 3.21. The average molecular weight is 717 g/mol. The Bertz CT molecular complexity index is 1600. The molecular formula is C38H48ClF3N4O2S. The molecule has 2 spiro atoms. The first-order valence-electron chi connectivity index (χ1n) is 16.8. The molecule has 2 heterocycles. The molecule has 7 rings (SSSR count). The highest BCUT2D eigenvalue weighted by Crippen LogP contribution is 2.52. The number of ether oxygens (including phenoxy) is 1. The van der Waals surface area contributed by atoms with Crippen LogP contribution in [0.2, 0.25) is 0 Å². The number of rotatable bonds is 6. The Hall–Kier alpha value is -2.76. The maximum absolute atomic E-state index is 13.6. The molecule has 11 heteroatoms. The van der Waals surface area contributed by atoms with Crippen LogP contribution in [-0.4, -0.2) is 67.3 Å². The maximum Gasteiger partial charge on any atom is 0.416 e. The van der Waals surface area contributed by atoms with Gasteiger partial charge >= 0.3 is 6.18 Å². The standard InChI is InChI=1S/C24H27F3N2O2S.C14H20N2.ClH/c1-29-15-23(12-11-22(29)9-10-22,16-7-5-4-6-8-16)28-21(30)20-18(31-2)13-17(24(25,26)27)14-19(20)32-3;1-16-11-14(15,10-9-13(16)7-8-13)12-5-3-2-4-6-12;/h4-8,13-14H,9-12,15H2,1-3H3,(H,28,30);2-6H,7-11,15H2,1H3;1H. The quantitative estimate of drug-likeness (QED) is 0.254. The van der Waals surface area contributed by atoms with Gasteiger partial charge in [0.25, 0.3) is 5.91 Å². The van der Waals surface area contributed by atoms with Gasteiger partial charge in [-0.3, -0.25) is 14.6 Å². The summed E-state index contributed by atoms with van der Waals surface area (Å²) in [6.45, 7) is 1.64. The Labute approximate surface area is 298 Å². The lowest BCUT2D eigenvalue weighted by Gasteiger charge is -2.47. The van der Waals surface area contributed by atoms with Gasteiger partial charge in [-0.1, -0.05) is 60.7 Å². The van der Waals surface area contributed by atoms with Gasteiger partial charge in [-0.2, -0.15) is 13.2 Å². The summed E-state index contributed by atoms with van der Waals surface area (Å²) in [5.41, 5.74) is 8.14. The molecule has 6 nitrogen and oxygen atoms in total. The van der Waals surface area contributed by atoms with Crippen molar-refractivity contribution in [3.63, 3.8) is 0 Å². The molecule has 1 amide bonds. The molecule has 3 aromatic carbocycles. The Morgan fingerprint density at radius 3 is 1.80 bits per heavy atom. The number of likely N-dealkylation sites (tertiary alicyclic amines) is 2. The monoisotopic (exact) mass is 716 g/mol. The van der Waals surface area contributed by atoms with Crippen molar-refractivity contribution < 1.29 is 22.7 Å². The van der Waals surface area contributed by atoms with Gasteiger partial charge in [-0.25, -0.2) is 0 Å². The fraction of sp³-hybridized carbons (Fsp3) is 0.500. The summed E-state index contributed by atoms with van der Waals surface area (Å²) < 4.78 is 45.3. The van der Waals surface area contributed by atoms with E-state index in [2.05, 4.69) is 59.5 Å². The molecular weight excluding hydrogens is 669 g/mol. The molecule has 0 aromatic heterocycles. The van der Waals surface area contributed by atoms with Crippen LogP contribution in [0.15, 0.2) is 77.7 Å². The molecule has 0 radical (unpaired) electrons. The van der Waals surface area contributed by atoms with Crippen LogP contribution >= 0.6 is 24.2 Å². The molecule has 4 fully saturated rings. The SMILES string of the molecule is CN1CC(N)(c2ccccc2)CCC12CC2.COc1cc(C(F)(F)F)cc(SC)c1C(=O)NC1(c2ccccc2)CCC2(CC2)N(C)C1.Cl. The Kier molecular flexibility index (Phi) is 10.8. The first-order valence-corrected chi connectivity index (χ1v) is 18.0. The molecule has 266 valence electrons. The van der Waals surface area contributed by atoms with E-state index in [1.54, 1.807) is 6.26 Å². The number of carbonyl (C=O) groups excluding carboxylic acids is 1. The molecule has 2 atom stereocenters. The topological polar surface area (TPSA) is 70.8 Å². The van der Waals surface area contributed by atoms with Crippen molar-refractivity contribution in [3.05, 3.63) is 95.1 Å². The molecule has 49 heavy (non-hydrogen) atoms. The summed E-state index contributed by atoms with van der Waals surface area (Å²) in [6.07, 6.45) is 6.30. The lowest BCUT2D eigenvalue weighted by molar-refractivity contribution is -0.137. The number of thioether (sulfide) groups is 1. The summed E-state index contributed by atoms with van der Waals surface area (Å²) in [7, 11) is 5.60. The number of alkyl halides is 3. The molecule has 0 bridgehead atoms. The zero-order valence-electron chi connectivity index (χ0n) is 28.7. The number of amides is 1. The highest BCUT2D eigenvalue weighted by Gasteiger charge is 2.54. The van der Waals surface area contributed by atoms with Crippen LogP contribution in [-0.2, 0) is 17.3 Å². The summed E-state index contributed by atoms with van der Waals surface area (Å²) >= 11 is 1.10.